The number of benzene rings is 2. The van der Waals surface area contributed by atoms with Crippen molar-refractivity contribution < 1.29 is 9.59 Å². The van der Waals surface area contributed by atoms with Gasteiger partial charge in [0, 0.05) is 22.8 Å². The van der Waals surface area contributed by atoms with Crippen molar-refractivity contribution in [2.75, 3.05) is 12.4 Å². The van der Waals surface area contributed by atoms with Gasteiger partial charge in [0.2, 0.25) is 11.8 Å². The SMILES string of the molecule is C[C@@H](C(=O)Nc1ccc(C(N)=O)cc1)N(C)Cc1ccccc1Cl. The Bertz CT molecular complexity index is 731. The molecule has 0 spiro atoms. The third-order valence-corrected chi connectivity index (χ3v) is 4.22. The van der Waals surface area contributed by atoms with E-state index in [-0.39, 0.29) is 11.9 Å². The standard InChI is InChI=1S/C18H20ClN3O2/c1-12(22(2)11-14-5-3-4-6-16(14)19)18(24)21-15-9-7-13(8-10-15)17(20)23/h3-10,12H,11H2,1-2H3,(H2,20,23)(H,21,24)/t12-/m0/s1. The Morgan fingerprint density at radius 1 is 1.17 bits per heavy atom. The van der Waals surface area contributed by atoms with Crippen LogP contribution in [0.1, 0.15) is 22.8 Å². The van der Waals surface area contributed by atoms with Crippen molar-refractivity contribution in [2.24, 2.45) is 5.73 Å². The Kier molecular flexibility index (Phi) is 5.95. The van der Waals surface area contributed by atoms with Gasteiger partial charge in [-0.1, -0.05) is 29.8 Å². The van der Waals surface area contributed by atoms with Gasteiger partial charge in [-0.2, -0.15) is 0 Å². The quantitative estimate of drug-likeness (QED) is 0.845. The molecule has 0 heterocycles. The summed E-state index contributed by atoms with van der Waals surface area (Å²) in [6.07, 6.45) is 0. The normalized spacial score (nSPS) is 12.0. The minimum Gasteiger partial charge on any atom is -0.366 e. The lowest BCUT2D eigenvalue weighted by Gasteiger charge is -2.24. The van der Waals surface area contributed by atoms with E-state index in [1.165, 1.54) is 0 Å². The molecule has 2 amide bonds. The number of rotatable bonds is 6. The average molecular weight is 346 g/mol. The Morgan fingerprint density at radius 2 is 1.79 bits per heavy atom. The Morgan fingerprint density at radius 3 is 2.38 bits per heavy atom. The molecule has 0 saturated carbocycles. The number of amides is 2. The van der Waals surface area contributed by atoms with Crippen LogP contribution in [0.25, 0.3) is 0 Å². The van der Waals surface area contributed by atoms with E-state index in [0.717, 1.165) is 5.56 Å². The van der Waals surface area contributed by atoms with Gasteiger partial charge >= 0.3 is 0 Å². The molecule has 0 aromatic heterocycles. The second-order valence-electron chi connectivity index (χ2n) is 5.61. The third kappa shape index (κ3) is 4.57. The van der Waals surface area contributed by atoms with E-state index in [0.29, 0.717) is 22.8 Å². The van der Waals surface area contributed by atoms with Crippen molar-refractivity contribution in [2.45, 2.75) is 19.5 Å². The monoisotopic (exact) mass is 345 g/mol. The molecule has 0 fully saturated rings. The van der Waals surface area contributed by atoms with Gasteiger partial charge in [-0.05, 0) is 49.9 Å². The average Bonchev–Trinajstić information content (AvgIpc) is 2.56. The van der Waals surface area contributed by atoms with Crippen LogP contribution < -0.4 is 11.1 Å². The number of hydrogen-bond acceptors (Lipinski definition) is 3. The number of carbonyl (C=O) groups is 2. The van der Waals surface area contributed by atoms with Gasteiger partial charge in [0.1, 0.15) is 0 Å². The molecule has 0 aliphatic rings. The highest BCUT2D eigenvalue weighted by atomic mass is 35.5. The highest BCUT2D eigenvalue weighted by Gasteiger charge is 2.19. The summed E-state index contributed by atoms with van der Waals surface area (Å²) < 4.78 is 0. The molecular weight excluding hydrogens is 326 g/mol. The summed E-state index contributed by atoms with van der Waals surface area (Å²) in [4.78, 5) is 25.3. The first-order valence-corrected chi connectivity index (χ1v) is 7.90. The minimum absolute atomic E-state index is 0.142. The summed E-state index contributed by atoms with van der Waals surface area (Å²) in [5.74, 6) is -0.642. The lowest BCUT2D eigenvalue weighted by atomic mass is 10.1. The summed E-state index contributed by atoms with van der Waals surface area (Å²) >= 11 is 6.16. The first kappa shape index (κ1) is 18.0. The number of nitrogens with zero attached hydrogens (tertiary/aromatic N) is 1. The number of likely N-dealkylation sites (N-methyl/N-ethyl adjacent to an activating group) is 1. The second kappa shape index (κ2) is 7.95. The molecule has 0 saturated heterocycles. The topological polar surface area (TPSA) is 75.4 Å². The van der Waals surface area contributed by atoms with Crippen LogP contribution in [0.2, 0.25) is 5.02 Å². The molecule has 2 aromatic rings. The summed E-state index contributed by atoms with van der Waals surface area (Å²) in [6.45, 7) is 2.39. The second-order valence-corrected chi connectivity index (χ2v) is 6.02. The van der Waals surface area contributed by atoms with Crippen LogP contribution in [0.5, 0.6) is 0 Å². The fourth-order valence-electron chi connectivity index (χ4n) is 2.20. The van der Waals surface area contributed by atoms with E-state index in [2.05, 4.69) is 5.32 Å². The number of halogens is 1. The van der Waals surface area contributed by atoms with Crippen molar-refractivity contribution in [3.05, 3.63) is 64.7 Å². The molecule has 6 heteroatoms. The highest BCUT2D eigenvalue weighted by Crippen LogP contribution is 2.18. The van der Waals surface area contributed by atoms with Gasteiger partial charge in [-0.15, -0.1) is 0 Å². The van der Waals surface area contributed by atoms with Crippen LogP contribution in [-0.2, 0) is 11.3 Å². The van der Waals surface area contributed by atoms with Crippen molar-refractivity contribution in [1.29, 1.82) is 0 Å². The maximum Gasteiger partial charge on any atom is 0.248 e. The highest BCUT2D eigenvalue weighted by molar-refractivity contribution is 6.31. The van der Waals surface area contributed by atoms with Crippen LogP contribution >= 0.6 is 11.6 Å². The zero-order chi connectivity index (χ0) is 17.7. The summed E-state index contributed by atoms with van der Waals surface area (Å²) in [7, 11) is 1.86. The molecule has 0 aliphatic carbocycles. The predicted octanol–water partition coefficient (Wildman–Crippen LogP) is 2.90. The molecule has 0 radical (unpaired) electrons. The van der Waals surface area contributed by atoms with Crippen molar-refractivity contribution in [1.82, 2.24) is 4.90 Å². The van der Waals surface area contributed by atoms with Crippen LogP contribution in [0.4, 0.5) is 5.69 Å². The number of nitrogens with one attached hydrogen (secondary N) is 1. The first-order valence-electron chi connectivity index (χ1n) is 7.53. The fraction of sp³-hybridized carbons (Fsp3) is 0.222. The number of primary amides is 1. The zero-order valence-corrected chi connectivity index (χ0v) is 14.4. The predicted molar refractivity (Wildman–Crippen MR) is 96.0 cm³/mol. The molecular formula is C18H20ClN3O2. The minimum atomic E-state index is -0.499. The van der Waals surface area contributed by atoms with Gasteiger partial charge in [0.05, 0.1) is 6.04 Å². The largest absolute Gasteiger partial charge is 0.366 e. The van der Waals surface area contributed by atoms with Crippen LogP contribution in [0, 0.1) is 0 Å². The van der Waals surface area contributed by atoms with E-state index in [4.69, 9.17) is 17.3 Å². The fourth-order valence-corrected chi connectivity index (χ4v) is 2.39. The van der Waals surface area contributed by atoms with Crippen LogP contribution in [-0.4, -0.2) is 29.8 Å². The molecule has 126 valence electrons. The third-order valence-electron chi connectivity index (χ3n) is 3.86. The molecule has 0 unspecified atom stereocenters. The maximum atomic E-state index is 12.4. The van der Waals surface area contributed by atoms with E-state index >= 15 is 0 Å². The van der Waals surface area contributed by atoms with Gasteiger partial charge in [0.25, 0.3) is 0 Å². The maximum absolute atomic E-state index is 12.4. The Labute approximate surface area is 146 Å². The molecule has 0 aliphatic heterocycles. The van der Waals surface area contributed by atoms with E-state index < -0.39 is 5.91 Å². The smallest absolute Gasteiger partial charge is 0.248 e. The summed E-state index contributed by atoms with van der Waals surface area (Å²) in [6, 6.07) is 13.7. The lowest BCUT2D eigenvalue weighted by molar-refractivity contribution is -0.120. The Balaban J connectivity index is 1.98. The molecule has 5 nitrogen and oxygen atoms in total. The lowest BCUT2D eigenvalue weighted by Crippen LogP contribution is -2.39. The van der Waals surface area contributed by atoms with Gasteiger partial charge in [-0.3, -0.25) is 14.5 Å². The number of anilines is 1. The molecule has 1 atom stereocenters. The van der Waals surface area contributed by atoms with Crippen molar-refractivity contribution in [3.8, 4) is 0 Å². The number of nitrogens with two attached hydrogens (primary N) is 1. The van der Waals surface area contributed by atoms with E-state index in [1.807, 2.05) is 43.1 Å². The van der Waals surface area contributed by atoms with E-state index in [9.17, 15) is 9.59 Å². The molecule has 2 aromatic carbocycles. The van der Waals surface area contributed by atoms with Crippen molar-refractivity contribution in [3.63, 3.8) is 0 Å². The van der Waals surface area contributed by atoms with Gasteiger partial charge in [0.15, 0.2) is 0 Å². The number of hydrogen-bond donors (Lipinski definition) is 2. The zero-order valence-electron chi connectivity index (χ0n) is 13.6. The van der Waals surface area contributed by atoms with Gasteiger partial charge < -0.3 is 11.1 Å². The Hall–Kier alpha value is -2.37. The van der Waals surface area contributed by atoms with Crippen molar-refractivity contribution >= 4 is 29.1 Å². The molecule has 0 bridgehead atoms. The number of carbonyl (C=O) groups excluding carboxylic acids is 2. The summed E-state index contributed by atoms with van der Waals surface area (Å²) in [5, 5.41) is 3.50. The molecule has 3 N–H and O–H groups in total. The molecule has 2 rings (SSSR count). The first-order chi connectivity index (χ1) is 11.4. The van der Waals surface area contributed by atoms with Crippen LogP contribution in [0.15, 0.2) is 48.5 Å². The van der Waals surface area contributed by atoms with Gasteiger partial charge in [-0.25, -0.2) is 0 Å². The van der Waals surface area contributed by atoms with E-state index in [1.54, 1.807) is 24.3 Å². The van der Waals surface area contributed by atoms with Crippen LogP contribution in [0.3, 0.4) is 0 Å². The molecule has 24 heavy (non-hydrogen) atoms. The summed E-state index contributed by atoms with van der Waals surface area (Å²) in [5.41, 5.74) is 7.17.